The van der Waals surface area contributed by atoms with E-state index >= 15 is 0 Å². The maximum Gasteiger partial charge on any atom is 0.269 e. The zero-order valence-corrected chi connectivity index (χ0v) is 12.6. The SMILES string of the molecule is CCn1nc(C(C)C)cc1C(=O)NCC1CCCC1O. The summed E-state index contributed by atoms with van der Waals surface area (Å²) in [5, 5.41) is 17.2. The Balaban J connectivity index is 2.01. The van der Waals surface area contributed by atoms with Gasteiger partial charge >= 0.3 is 0 Å². The molecule has 1 aromatic heterocycles. The Morgan fingerprint density at radius 2 is 2.30 bits per heavy atom. The molecule has 1 saturated carbocycles. The molecule has 2 unspecified atom stereocenters. The van der Waals surface area contributed by atoms with Gasteiger partial charge in [-0.25, -0.2) is 0 Å². The number of carbonyl (C=O) groups excluding carboxylic acids is 1. The summed E-state index contributed by atoms with van der Waals surface area (Å²) in [6.07, 6.45) is 2.63. The van der Waals surface area contributed by atoms with Gasteiger partial charge in [0.15, 0.2) is 0 Å². The van der Waals surface area contributed by atoms with E-state index in [2.05, 4.69) is 24.3 Å². The molecule has 1 fully saturated rings. The minimum Gasteiger partial charge on any atom is -0.393 e. The van der Waals surface area contributed by atoms with Crippen LogP contribution in [0, 0.1) is 5.92 Å². The fourth-order valence-corrected chi connectivity index (χ4v) is 2.71. The van der Waals surface area contributed by atoms with Crippen molar-refractivity contribution in [3.8, 4) is 0 Å². The van der Waals surface area contributed by atoms with Gasteiger partial charge in [-0.15, -0.1) is 0 Å². The first-order chi connectivity index (χ1) is 9.52. The largest absolute Gasteiger partial charge is 0.393 e. The number of aromatic nitrogens is 2. The fraction of sp³-hybridized carbons (Fsp3) is 0.733. The van der Waals surface area contributed by atoms with E-state index in [4.69, 9.17) is 0 Å². The monoisotopic (exact) mass is 279 g/mol. The van der Waals surface area contributed by atoms with E-state index in [1.807, 2.05) is 13.0 Å². The zero-order valence-electron chi connectivity index (χ0n) is 12.6. The minimum absolute atomic E-state index is 0.0923. The third kappa shape index (κ3) is 3.20. The van der Waals surface area contributed by atoms with E-state index < -0.39 is 0 Å². The van der Waals surface area contributed by atoms with Gasteiger partial charge in [0.25, 0.3) is 5.91 Å². The van der Waals surface area contributed by atoms with Crippen LogP contribution >= 0.6 is 0 Å². The van der Waals surface area contributed by atoms with Crippen LogP contribution < -0.4 is 5.32 Å². The Bertz CT molecular complexity index is 468. The van der Waals surface area contributed by atoms with Crippen molar-refractivity contribution in [2.45, 2.75) is 58.6 Å². The third-order valence-corrected chi connectivity index (χ3v) is 4.07. The van der Waals surface area contributed by atoms with Crippen LogP contribution in [0.2, 0.25) is 0 Å². The predicted octanol–water partition coefficient (Wildman–Crippen LogP) is 1.92. The van der Waals surface area contributed by atoms with Crippen molar-refractivity contribution in [3.05, 3.63) is 17.5 Å². The Kier molecular flexibility index (Phi) is 4.81. The molecule has 20 heavy (non-hydrogen) atoms. The van der Waals surface area contributed by atoms with Gasteiger partial charge in [0.2, 0.25) is 0 Å². The molecule has 1 aliphatic carbocycles. The lowest BCUT2D eigenvalue weighted by atomic mass is 10.1. The number of aliphatic hydroxyl groups is 1. The summed E-state index contributed by atoms with van der Waals surface area (Å²) in [7, 11) is 0. The first-order valence-corrected chi connectivity index (χ1v) is 7.57. The molecule has 112 valence electrons. The molecule has 5 heteroatoms. The first kappa shape index (κ1) is 15.0. The molecule has 0 radical (unpaired) electrons. The highest BCUT2D eigenvalue weighted by Crippen LogP contribution is 2.24. The lowest BCUT2D eigenvalue weighted by Crippen LogP contribution is -2.33. The molecule has 2 N–H and O–H groups in total. The summed E-state index contributed by atoms with van der Waals surface area (Å²) >= 11 is 0. The molecule has 2 atom stereocenters. The number of hydrogen-bond acceptors (Lipinski definition) is 3. The topological polar surface area (TPSA) is 67.2 Å². The molecule has 2 rings (SSSR count). The molecule has 0 aliphatic heterocycles. The van der Waals surface area contributed by atoms with Crippen molar-refractivity contribution in [2.24, 2.45) is 5.92 Å². The van der Waals surface area contributed by atoms with Crippen LogP contribution in [-0.2, 0) is 6.54 Å². The van der Waals surface area contributed by atoms with Crippen LogP contribution in [-0.4, -0.2) is 33.4 Å². The number of rotatable bonds is 5. The minimum atomic E-state index is -0.266. The Hall–Kier alpha value is -1.36. The van der Waals surface area contributed by atoms with Crippen LogP contribution in [0.4, 0.5) is 0 Å². The highest BCUT2D eigenvalue weighted by atomic mass is 16.3. The summed E-state index contributed by atoms with van der Waals surface area (Å²) in [4.78, 5) is 12.3. The number of nitrogens with one attached hydrogen (secondary N) is 1. The third-order valence-electron chi connectivity index (χ3n) is 4.07. The lowest BCUT2D eigenvalue weighted by molar-refractivity contribution is 0.0906. The van der Waals surface area contributed by atoms with Crippen molar-refractivity contribution in [1.82, 2.24) is 15.1 Å². The second-order valence-electron chi connectivity index (χ2n) is 5.89. The van der Waals surface area contributed by atoms with Gasteiger partial charge in [-0.05, 0) is 31.7 Å². The number of amides is 1. The number of aryl methyl sites for hydroxylation is 1. The highest BCUT2D eigenvalue weighted by molar-refractivity contribution is 5.92. The van der Waals surface area contributed by atoms with Gasteiger partial charge in [0.05, 0.1) is 11.8 Å². The average molecular weight is 279 g/mol. The van der Waals surface area contributed by atoms with Crippen LogP contribution in [0.3, 0.4) is 0 Å². The smallest absolute Gasteiger partial charge is 0.269 e. The summed E-state index contributed by atoms with van der Waals surface area (Å²) in [6.45, 7) is 7.35. The average Bonchev–Trinajstić information content (AvgIpc) is 3.02. The molecule has 5 nitrogen and oxygen atoms in total. The van der Waals surface area contributed by atoms with Crippen molar-refractivity contribution in [2.75, 3.05) is 6.54 Å². The van der Waals surface area contributed by atoms with Crippen LogP contribution in [0.5, 0.6) is 0 Å². The van der Waals surface area contributed by atoms with Crippen molar-refractivity contribution in [3.63, 3.8) is 0 Å². The van der Waals surface area contributed by atoms with E-state index in [1.165, 1.54) is 0 Å². The number of nitrogens with zero attached hydrogens (tertiary/aromatic N) is 2. The molecule has 0 aromatic carbocycles. The van der Waals surface area contributed by atoms with Crippen LogP contribution in [0.15, 0.2) is 6.07 Å². The maximum atomic E-state index is 12.3. The molecular weight excluding hydrogens is 254 g/mol. The van der Waals surface area contributed by atoms with Crippen molar-refractivity contribution >= 4 is 5.91 Å². The molecule has 1 heterocycles. The number of aliphatic hydroxyl groups excluding tert-OH is 1. The van der Waals surface area contributed by atoms with Crippen molar-refractivity contribution in [1.29, 1.82) is 0 Å². The normalized spacial score (nSPS) is 22.4. The Morgan fingerprint density at radius 3 is 2.85 bits per heavy atom. The van der Waals surface area contributed by atoms with Gasteiger partial charge in [0, 0.05) is 19.0 Å². The standard InChI is InChI=1S/C15H25N3O2/c1-4-18-13(8-12(17-18)10(2)3)15(20)16-9-11-6-5-7-14(11)19/h8,10-11,14,19H,4-7,9H2,1-3H3,(H,16,20). The molecule has 1 aliphatic rings. The second-order valence-corrected chi connectivity index (χ2v) is 5.89. The molecule has 0 spiro atoms. The second kappa shape index (κ2) is 6.39. The van der Waals surface area contributed by atoms with Crippen molar-refractivity contribution < 1.29 is 9.90 Å². The van der Waals surface area contributed by atoms with Gasteiger partial charge in [-0.1, -0.05) is 20.3 Å². The number of carbonyl (C=O) groups is 1. The van der Waals surface area contributed by atoms with E-state index in [-0.39, 0.29) is 17.9 Å². The molecular formula is C15H25N3O2. The van der Waals surface area contributed by atoms with Gasteiger partial charge < -0.3 is 10.4 Å². The number of hydrogen-bond donors (Lipinski definition) is 2. The lowest BCUT2D eigenvalue weighted by Gasteiger charge is -2.15. The predicted molar refractivity (Wildman–Crippen MR) is 77.7 cm³/mol. The van der Waals surface area contributed by atoms with Gasteiger partial charge in [0.1, 0.15) is 5.69 Å². The highest BCUT2D eigenvalue weighted by Gasteiger charge is 2.26. The quantitative estimate of drug-likeness (QED) is 0.865. The molecule has 1 aromatic rings. The maximum absolute atomic E-state index is 12.3. The van der Waals surface area contributed by atoms with E-state index in [0.29, 0.717) is 24.7 Å². The van der Waals surface area contributed by atoms with Crippen LogP contribution in [0.25, 0.3) is 0 Å². The molecule has 1 amide bonds. The Labute approximate surface area is 120 Å². The fourth-order valence-electron chi connectivity index (χ4n) is 2.71. The summed E-state index contributed by atoms with van der Waals surface area (Å²) < 4.78 is 1.75. The summed E-state index contributed by atoms with van der Waals surface area (Å²) in [5.74, 6) is 0.415. The van der Waals surface area contributed by atoms with E-state index in [0.717, 1.165) is 25.0 Å². The summed E-state index contributed by atoms with van der Waals surface area (Å²) in [5.41, 5.74) is 1.56. The zero-order chi connectivity index (χ0) is 14.7. The van der Waals surface area contributed by atoms with Crippen LogP contribution in [0.1, 0.15) is 62.1 Å². The van der Waals surface area contributed by atoms with E-state index in [1.54, 1.807) is 4.68 Å². The molecule has 0 saturated heterocycles. The molecule has 0 bridgehead atoms. The van der Waals surface area contributed by atoms with E-state index in [9.17, 15) is 9.90 Å². The Morgan fingerprint density at radius 1 is 1.55 bits per heavy atom. The first-order valence-electron chi connectivity index (χ1n) is 7.57. The van der Waals surface area contributed by atoms with Gasteiger partial charge in [-0.2, -0.15) is 5.10 Å². The van der Waals surface area contributed by atoms with Gasteiger partial charge in [-0.3, -0.25) is 9.48 Å². The summed E-state index contributed by atoms with van der Waals surface area (Å²) in [6, 6.07) is 1.87.